The van der Waals surface area contributed by atoms with E-state index in [9.17, 15) is 4.39 Å². The van der Waals surface area contributed by atoms with Gasteiger partial charge >= 0.3 is 0 Å². The maximum Gasteiger partial charge on any atom is 0.162 e. The van der Waals surface area contributed by atoms with Crippen LogP contribution in [0.4, 0.5) is 16.0 Å². The fourth-order valence-electron chi connectivity index (χ4n) is 3.16. The number of rotatable bonds is 5. The highest BCUT2D eigenvalue weighted by Crippen LogP contribution is 2.40. The SMILES string of the molecule is FCc1ccccc1-c1nc(Nc2n[nH]c3ncccc23)cc(C2CC2)n1. The van der Waals surface area contributed by atoms with Crippen molar-refractivity contribution in [2.45, 2.75) is 25.4 Å². The fraction of sp³-hybridized carbons (Fsp3) is 0.200. The summed E-state index contributed by atoms with van der Waals surface area (Å²) in [4.78, 5) is 13.6. The molecule has 4 aromatic rings. The first-order valence-electron chi connectivity index (χ1n) is 8.91. The van der Waals surface area contributed by atoms with Gasteiger partial charge in [0, 0.05) is 29.4 Å². The topological polar surface area (TPSA) is 79.4 Å². The maximum atomic E-state index is 13.4. The number of halogens is 1. The molecule has 0 amide bonds. The van der Waals surface area contributed by atoms with Crippen molar-refractivity contribution in [3.8, 4) is 11.4 Å². The maximum absolute atomic E-state index is 13.4. The summed E-state index contributed by atoms with van der Waals surface area (Å²) in [6.45, 7) is -0.550. The molecule has 1 aliphatic rings. The Bertz CT molecular complexity index is 1120. The van der Waals surface area contributed by atoms with E-state index < -0.39 is 6.67 Å². The van der Waals surface area contributed by atoms with Gasteiger partial charge in [0.15, 0.2) is 17.3 Å². The van der Waals surface area contributed by atoms with Gasteiger partial charge in [-0.1, -0.05) is 24.3 Å². The number of benzene rings is 1. The Kier molecular flexibility index (Phi) is 3.78. The Morgan fingerprint density at radius 2 is 2.00 bits per heavy atom. The largest absolute Gasteiger partial charge is 0.323 e. The van der Waals surface area contributed by atoms with Gasteiger partial charge in [-0.15, -0.1) is 0 Å². The second-order valence-electron chi connectivity index (χ2n) is 6.66. The van der Waals surface area contributed by atoms with Crippen LogP contribution < -0.4 is 5.32 Å². The van der Waals surface area contributed by atoms with Crippen LogP contribution in [0.5, 0.6) is 0 Å². The Labute approximate surface area is 154 Å². The number of anilines is 2. The van der Waals surface area contributed by atoms with Crippen molar-refractivity contribution in [2.24, 2.45) is 0 Å². The van der Waals surface area contributed by atoms with E-state index in [-0.39, 0.29) is 0 Å². The molecule has 3 aromatic heterocycles. The Morgan fingerprint density at radius 3 is 2.85 bits per heavy atom. The van der Waals surface area contributed by atoms with Gasteiger partial charge in [-0.25, -0.2) is 19.3 Å². The van der Waals surface area contributed by atoms with Crippen molar-refractivity contribution in [1.29, 1.82) is 0 Å². The van der Waals surface area contributed by atoms with Crippen molar-refractivity contribution >= 4 is 22.7 Å². The van der Waals surface area contributed by atoms with Crippen LogP contribution in [0.1, 0.15) is 30.0 Å². The molecule has 0 aliphatic heterocycles. The van der Waals surface area contributed by atoms with E-state index in [0.29, 0.717) is 34.6 Å². The highest BCUT2D eigenvalue weighted by molar-refractivity contribution is 5.88. The molecule has 1 aliphatic carbocycles. The first-order valence-corrected chi connectivity index (χ1v) is 8.91. The molecule has 1 aromatic carbocycles. The van der Waals surface area contributed by atoms with Crippen LogP contribution in [0.3, 0.4) is 0 Å². The zero-order valence-electron chi connectivity index (χ0n) is 14.5. The third-order valence-corrected chi connectivity index (χ3v) is 4.73. The predicted octanol–water partition coefficient (Wildman–Crippen LogP) is 4.51. The predicted molar refractivity (Wildman–Crippen MR) is 101 cm³/mol. The van der Waals surface area contributed by atoms with Crippen LogP contribution in [-0.2, 0) is 6.67 Å². The zero-order valence-corrected chi connectivity index (χ0v) is 14.5. The number of aromatic nitrogens is 5. The smallest absolute Gasteiger partial charge is 0.162 e. The molecule has 1 fully saturated rings. The number of hydrogen-bond donors (Lipinski definition) is 2. The standard InChI is InChI=1S/C20H17FN6/c21-11-13-4-1-2-5-14(13)19-23-16(12-7-8-12)10-17(24-19)25-20-15-6-3-9-22-18(15)26-27-20/h1-6,9-10,12H,7-8,11H2,(H2,22,23,24,25,26,27). The minimum absolute atomic E-state index is 0.447. The minimum atomic E-state index is -0.550. The van der Waals surface area contributed by atoms with Crippen molar-refractivity contribution in [1.82, 2.24) is 25.1 Å². The lowest BCUT2D eigenvalue weighted by Gasteiger charge is -2.10. The Hall–Kier alpha value is -3.35. The lowest BCUT2D eigenvalue weighted by atomic mass is 10.1. The van der Waals surface area contributed by atoms with Gasteiger partial charge in [-0.2, -0.15) is 5.10 Å². The highest BCUT2D eigenvalue weighted by Gasteiger charge is 2.27. The third-order valence-electron chi connectivity index (χ3n) is 4.73. The lowest BCUT2D eigenvalue weighted by molar-refractivity contribution is 0.486. The van der Waals surface area contributed by atoms with Crippen LogP contribution >= 0.6 is 0 Å². The first-order chi connectivity index (χ1) is 13.3. The van der Waals surface area contributed by atoms with Gasteiger partial charge in [0.05, 0.1) is 5.39 Å². The molecule has 2 N–H and O–H groups in total. The molecule has 5 rings (SSSR count). The molecule has 134 valence electrons. The van der Waals surface area contributed by atoms with E-state index >= 15 is 0 Å². The average Bonchev–Trinajstić information content (AvgIpc) is 3.50. The van der Waals surface area contributed by atoms with Gasteiger partial charge in [0.2, 0.25) is 0 Å². The van der Waals surface area contributed by atoms with Crippen molar-refractivity contribution in [3.05, 3.63) is 59.9 Å². The van der Waals surface area contributed by atoms with Crippen LogP contribution in [0.2, 0.25) is 0 Å². The number of hydrogen-bond acceptors (Lipinski definition) is 5. The van der Waals surface area contributed by atoms with E-state index in [1.807, 2.05) is 36.4 Å². The molecule has 0 radical (unpaired) electrons. The number of nitrogens with zero attached hydrogens (tertiary/aromatic N) is 4. The summed E-state index contributed by atoms with van der Waals surface area (Å²) >= 11 is 0. The number of pyridine rings is 1. The summed E-state index contributed by atoms with van der Waals surface area (Å²) in [5, 5.41) is 11.4. The van der Waals surface area contributed by atoms with Gasteiger partial charge in [0.1, 0.15) is 12.5 Å². The Morgan fingerprint density at radius 1 is 1.11 bits per heavy atom. The van der Waals surface area contributed by atoms with Gasteiger partial charge in [0.25, 0.3) is 0 Å². The zero-order chi connectivity index (χ0) is 18.2. The van der Waals surface area contributed by atoms with Crippen LogP contribution in [0, 0.1) is 0 Å². The molecule has 3 heterocycles. The molecule has 0 atom stereocenters. The summed E-state index contributed by atoms with van der Waals surface area (Å²) in [5.74, 6) is 2.28. The van der Waals surface area contributed by atoms with Crippen molar-refractivity contribution in [3.63, 3.8) is 0 Å². The second kappa shape index (κ2) is 6.42. The number of alkyl halides is 1. The quantitative estimate of drug-likeness (QED) is 0.547. The van der Waals surface area contributed by atoms with E-state index in [1.165, 1.54) is 0 Å². The van der Waals surface area contributed by atoms with Crippen molar-refractivity contribution < 1.29 is 4.39 Å². The molecular formula is C20H17FN6. The molecule has 0 unspecified atom stereocenters. The Balaban J connectivity index is 1.59. The summed E-state index contributed by atoms with van der Waals surface area (Å²) < 4.78 is 13.4. The fourth-order valence-corrected chi connectivity index (χ4v) is 3.16. The summed E-state index contributed by atoms with van der Waals surface area (Å²) in [7, 11) is 0. The molecule has 1 saturated carbocycles. The van der Waals surface area contributed by atoms with E-state index in [2.05, 4.69) is 25.5 Å². The number of nitrogens with one attached hydrogen (secondary N) is 2. The van der Waals surface area contributed by atoms with E-state index in [0.717, 1.165) is 29.5 Å². The van der Waals surface area contributed by atoms with E-state index in [4.69, 9.17) is 4.98 Å². The molecule has 0 spiro atoms. The van der Waals surface area contributed by atoms with Gasteiger partial charge in [-0.3, -0.25) is 5.10 Å². The number of aromatic amines is 1. The van der Waals surface area contributed by atoms with Crippen LogP contribution in [-0.4, -0.2) is 25.1 Å². The van der Waals surface area contributed by atoms with E-state index in [1.54, 1.807) is 12.3 Å². The molecule has 27 heavy (non-hydrogen) atoms. The average molecular weight is 360 g/mol. The molecular weight excluding hydrogens is 343 g/mol. The summed E-state index contributed by atoms with van der Waals surface area (Å²) in [6, 6.07) is 13.1. The number of H-pyrrole nitrogens is 1. The number of fused-ring (bicyclic) bond motifs is 1. The monoisotopic (exact) mass is 360 g/mol. The first kappa shape index (κ1) is 15.9. The van der Waals surface area contributed by atoms with Crippen molar-refractivity contribution in [2.75, 3.05) is 5.32 Å². The molecule has 6 nitrogen and oxygen atoms in total. The van der Waals surface area contributed by atoms with Crippen LogP contribution in [0.25, 0.3) is 22.4 Å². The normalized spacial score (nSPS) is 13.8. The highest BCUT2D eigenvalue weighted by atomic mass is 19.1. The minimum Gasteiger partial charge on any atom is -0.323 e. The molecule has 0 saturated heterocycles. The molecule has 7 heteroatoms. The molecule has 0 bridgehead atoms. The summed E-state index contributed by atoms with van der Waals surface area (Å²) in [5.41, 5.74) is 3.00. The van der Waals surface area contributed by atoms with Gasteiger partial charge < -0.3 is 5.32 Å². The summed E-state index contributed by atoms with van der Waals surface area (Å²) in [6.07, 6.45) is 3.96. The lowest BCUT2D eigenvalue weighted by Crippen LogP contribution is -2.02. The third kappa shape index (κ3) is 3.01. The van der Waals surface area contributed by atoms with Crippen LogP contribution in [0.15, 0.2) is 48.7 Å². The van der Waals surface area contributed by atoms with Gasteiger partial charge in [-0.05, 0) is 30.5 Å². The second-order valence-corrected chi connectivity index (χ2v) is 6.66.